The zero-order chi connectivity index (χ0) is 17.7. The van der Waals surface area contributed by atoms with Gasteiger partial charge in [-0.15, -0.1) is 0 Å². The van der Waals surface area contributed by atoms with E-state index in [1.165, 1.54) is 18.2 Å². The second-order valence-corrected chi connectivity index (χ2v) is 5.12. The Bertz CT molecular complexity index is 766. The molecule has 0 saturated carbocycles. The first-order valence-corrected chi connectivity index (χ1v) is 7.03. The molecule has 2 rings (SSSR count). The molecule has 0 spiro atoms. The lowest BCUT2D eigenvalue weighted by atomic mass is 10.1. The van der Waals surface area contributed by atoms with Crippen LogP contribution in [0.15, 0.2) is 42.5 Å². The molecule has 0 aromatic heterocycles. The van der Waals surface area contributed by atoms with Gasteiger partial charge >= 0.3 is 0 Å². The molecule has 2 aromatic carbocycles. The summed E-state index contributed by atoms with van der Waals surface area (Å²) in [5.41, 5.74) is 0.0208. The third-order valence-corrected chi connectivity index (χ3v) is 3.34. The molecule has 0 aliphatic carbocycles. The topological polar surface area (TPSA) is 113 Å². The van der Waals surface area contributed by atoms with Crippen LogP contribution in [0.25, 0.3) is 0 Å². The number of nitrogens with zero attached hydrogens (tertiary/aromatic N) is 1. The highest BCUT2D eigenvalue weighted by atomic mass is 19.1. The molecule has 0 heterocycles. The minimum Gasteiger partial charge on any atom is -0.508 e. The number of hydrogen-bond acceptors (Lipinski definition) is 5. The van der Waals surface area contributed by atoms with Crippen LogP contribution in [0, 0.1) is 15.9 Å². The molecule has 0 aliphatic rings. The Morgan fingerprint density at radius 2 is 2.04 bits per heavy atom. The number of aromatic hydroxyl groups is 1. The standard InChI is InChI=1S/C16H15FN2O5/c17-12-5-4-10(14(8-12)19(23)24)7-16(22)18-9-15(21)11-2-1-3-13(20)6-11/h1-6,8,15,20-21H,7,9H2,(H,18,22). The lowest BCUT2D eigenvalue weighted by Gasteiger charge is -2.12. The lowest BCUT2D eigenvalue weighted by molar-refractivity contribution is -0.385. The Morgan fingerprint density at radius 3 is 2.71 bits per heavy atom. The molecule has 126 valence electrons. The van der Waals surface area contributed by atoms with Gasteiger partial charge in [0.25, 0.3) is 5.69 Å². The molecular weight excluding hydrogens is 319 g/mol. The summed E-state index contributed by atoms with van der Waals surface area (Å²) in [6.45, 7) is -0.128. The minimum atomic E-state index is -1.04. The van der Waals surface area contributed by atoms with Crippen molar-refractivity contribution in [3.63, 3.8) is 0 Å². The molecule has 0 fully saturated rings. The Balaban J connectivity index is 1.98. The van der Waals surface area contributed by atoms with Gasteiger partial charge in [-0.3, -0.25) is 14.9 Å². The predicted molar refractivity (Wildman–Crippen MR) is 82.8 cm³/mol. The van der Waals surface area contributed by atoms with Crippen LogP contribution in [0.4, 0.5) is 10.1 Å². The van der Waals surface area contributed by atoms with Gasteiger partial charge in [-0.1, -0.05) is 12.1 Å². The van der Waals surface area contributed by atoms with E-state index in [1.54, 1.807) is 12.1 Å². The molecule has 0 radical (unpaired) electrons. The van der Waals surface area contributed by atoms with Gasteiger partial charge < -0.3 is 15.5 Å². The van der Waals surface area contributed by atoms with E-state index in [-0.39, 0.29) is 24.3 Å². The van der Waals surface area contributed by atoms with E-state index >= 15 is 0 Å². The van der Waals surface area contributed by atoms with Gasteiger partial charge in [0.2, 0.25) is 5.91 Å². The lowest BCUT2D eigenvalue weighted by Crippen LogP contribution is -2.29. The van der Waals surface area contributed by atoms with Gasteiger partial charge in [-0.25, -0.2) is 4.39 Å². The molecule has 1 amide bonds. The minimum absolute atomic E-state index is 0.0141. The molecule has 3 N–H and O–H groups in total. The van der Waals surface area contributed by atoms with E-state index in [0.29, 0.717) is 5.56 Å². The first-order chi connectivity index (χ1) is 11.4. The van der Waals surface area contributed by atoms with Gasteiger partial charge in [0, 0.05) is 12.1 Å². The van der Waals surface area contributed by atoms with Gasteiger partial charge in [-0.2, -0.15) is 0 Å². The summed E-state index contributed by atoms with van der Waals surface area (Å²) in [4.78, 5) is 22.0. The number of carbonyl (C=O) groups excluding carboxylic acids is 1. The SMILES string of the molecule is O=C(Cc1ccc(F)cc1[N+](=O)[O-])NCC(O)c1cccc(O)c1. The highest BCUT2D eigenvalue weighted by Gasteiger charge is 2.18. The maximum atomic E-state index is 13.1. The van der Waals surface area contributed by atoms with Crippen molar-refractivity contribution in [2.24, 2.45) is 0 Å². The van der Waals surface area contributed by atoms with Crippen LogP contribution in [0.2, 0.25) is 0 Å². The number of amides is 1. The van der Waals surface area contributed by atoms with Crippen LogP contribution in [0.5, 0.6) is 5.75 Å². The fourth-order valence-electron chi connectivity index (χ4n) is 2.15. The molecule has 1 unspecified atom stereocenters. The average molecular weight is 334 g/mol. The number of halogens is 1. The monoisotopic (exact) mass is 334 g/mol. The molecule has 1 atom stereocenters. The Morgan fingerprint density at radius 1 is 1.29 bits per heavy atom. The Labute approximate surface area is 136 Å². The number of nitro groups is 1. The molecule has 0 saturated heterocycles. The number of nitro benzene ring substituents is 1. The van der Waals surface area contributed by atoms with Crippen LogP contribution in [-0.4, -0.2) is 27.6 Å². The number of carbonyl (C=O) groups is 1. The third-order valence-electron chi connectivity index (χ3n) is 3.34. The number of nitrogens with one attached hydrogen (secondary N) is 1. The van der Waals surface area contributed by atoms with E-state index in [1.807, 2.05) is 0 Å². The normalized spacial score (nSPS) is 11.8. The molecule has 24 heavy (non-hydrogen) atoms. The van der Waals surface area contributed by atoms with Crippen molar-refractivity contribution in [2.75, 3.05) is 6.54 Å². The summed E-state index contributed by atoms with van der Waals surface area (Å²) in [7, 11) is 0. The number of aliphatic hydroxyl groups excluding tert-OH is 1. The summed E-state index contributed by atoms with van der Waals surface area (Å²) < 4.78 is 13.1. The smallest absolute Gasteiger partial charge is 0.276 e. The fraction of sp³-hybridized carbons (Fsp3) is 0.188. The van der Waals surface area contributed by atoms with Crippen LogP contribution in [-0.2, 0) is 11.2 Å². The summed E-state index contributed by atoms with van der Waals surface area (Å²) in [6.07, 6.45) is -1.35. The molecule has 2 aromatic rings. The van der Waals surface area contributed by atoms with Crippen LogP contribution >= 0.6 is 0 Å². The quantitative estimate of drug-likeness (QED) is 0.551. The number of benzene rings is 2. The van der Waals surface area contributed by atoms with E-state index in [2.05, 4.69) is 5.32 Å². The summed E-state index contributed by atoms with van der Waals surface area (Å²) in [5.74, 6) is -1.33. The predicted octanol–water partition coefficient (Wildman–Crippen LogP) is 1.83. The number of hydrogen-bond donors (Lipinski definition) is 3. The first kappa shape index (κ1) is 17.4. The van der Waals surface area contributed by atoms with Gasteiger partial charge in [0.15, 0.2) is 0 Å². The third kappa shape index (κ3) is 4.50. The number of phenolic OH excluding ortho intramolecular Hbond substituents is 1. The highest BCUT2D eigenvalue weighted by molar-refractivity contribution is 5.79. The summed E-state index contributed by atoms with van der Waals surface area (Å²) in [5, 5.41) is 32.6. The van der Waals surface area contributed by atoms with Gasteiger partial charge in [-0.05, 0) is 29.8 Å². The van der Waals surface area contributed by atoms with Crippen LogP contribution in [0.1, 0.15) is 17.2 Å². The summed E-state index contributed by atoms with van der Waals surface area (Å²) in [6, 6.07) is 8.92. The van der Waals surface area contributed by atoms with Crippen molar-refractivity contribution < 1.29 is 24.3 Å². The van der Waals surface area contributed by atoms with Crippen molar-refractivity contribution in [2.45, 2.75) is 12.5 Å². The van der Waals surface area contributed by atoms with Crippen molar-refractivity contribution in [3.05, 3.63) is 69.5 Å². The maximum absolute atomic E-state index is 13.1. The van der Waals surface area contributed by atoms with E-state index < -0.39 is 28.4 Å². The molecule has 0 aliphatic heterocycles. The van der Waals surface area contributed by atoms with Gasteiger partial charge in [0.1, 0.15) is 11.6 Å². The van der Waals surface area contributed by atoms with Gasteiger partial charge in [0.05, 0.1) is 23.5 Å². The average Bonchev–Trinajstić information content (AvgIpc) is 2.54. The largest absolute Gasteiger partial charge is 0.508 e. The van der Waals surface area contributed by atoms with E-state index in [9.17, 15) is 29.5 Å². The Kier molecular flexibility index (Phi) is 5.43. The highest BCUT2D eigenvalue weighted by Crippen LogP contribution is 2.21. The first-order valence-electron chi connectivity index (χ1n) is 7.03. The van der Waals surface area contributed by atoms with E-state index in [4.69, 9.17) is 0 Å². The van der Waals surface area contributed by atoms with Crippen molar-refractivity contribution in [3.8, 4) is 5.75 Å². The Hall–Kier alpha value is -3.00. The van der Waals surface area contributed by atoms with E-state index in [0.717, 1.165) is 12.1 Å². The second-order valence-electron chi connectivity index (χ2n) is 5.12. The molecular formula is C16H15FN2O5. The second kappa shape index (κ2) is 7.51. The zero-order valence-electron chi connectivity index (χ0n) is 12.5. The number of aliphatic hydroxyl groups is 1. The van der Waals surface area contributed by atoms with Crippen LogP contribution < -0.4 is 5.32 Å². The zero-order valence-corrected chi connectivity index (χ0v) is 12.5. The molecule has 0 bridgehead atoms. The molecule has 8 heteroatoms. The summed E-state index contributed by atoms with van der Waals surface area (Å²) >= 11 is 0. The molecule has 7 nitrogen and oxygen atoms in total. The number of phenols is 1. The van der Waals surface area contributed by atoms with Crippen molar-refractivity contribution >= 4 is 11.6 Å². The number of rotatable bonds is 6. The van der Waals surface area contributed by atoms with Crippen LogP contribution in [0.3, 0.4) is 0 Å². The van der Waals surface area contributed by atoms with Crippen molar-refractivity contribution in [1.29, 1.82) is 0 Å². The van der Waals surface area contributed by atoms with Crippen molar-refractivity contribution in [1.82, 2.24) is 5.32 Å². The fourth-order valence-corrected chi connectivity index (χ4v) is 2.15. The maximum Gasteiger partial charge on any atom is 0.276 e.